The summed E-state index contributed by atoms with van der Waals surface area (Å²) in [6, 6.07) is 16.7. The van der Waals surface area contributed by atoms with Gasteiger partial charge < -0.3 is 14.5 Å². The van der Waals surface area contributed by atoms with Gasteiger partial charge in [0.1, 0.15) is 5.75 Å². The van der Waals surface area contributed by atoms with Crippen LogP contribution < -0.4 is 10.1 Å². The molecule has 0 amide bonds. The van der Waals surface area contributed by atoms with Crippen LogP contribution in [0.15, 0.2) is 70.7 Å². The third kappa shape index (κ3) is 3.96. The van der Waals surface area contributed by atoms with E-state index in [1.165, 1.54) is 10.9 Å². The largest absolute Gasteiger partial charge is 0.481 e. The fourth-order valence-corrected chi connectivity index (χ4v) is 3.24. The van der Waals surface area contributed by atoms with Crippen molar-refractivity contribution in [2.24, 2.45) is 0 Å². The molecule has 1 atom stereocenters. The maximum absolute atomic E-state index is 13.0. The molecule has 0 aliphatic heterocycles. The number of carbonyl (C=O) groups excluding carboxylic acids is 1. The zero-order valence-corrected chi connectivity index (χ0v) is 15.9. The second-order valence-electron chi connectivity index (χ2n) is 5.99. The molecule has 1 aromatic carbocycles. The summed E-state index contributed by atoms with van der Waals surface area (Å²) in [4.78, 5) is 18.5. The van der Waals surface area contributed by atoms with Crippen LogP contribution >= 0.6 is 11.3 Å². The van der Waals surface area contributed by atoms with Crippen LogP contribution in [-0.4, -0.2) is 26.8 Å². The first kappa shape index (κ1) is 18.0. The van der Waals surface area contributed by atoms with Crippen molar-refractivity contribution in [3.63, 3.8) is 0 Å². The molecule has 28 heavy (non-hydrogen) atoms. The lowest BCUT2D eigenvalue weighted by Gasteiger charge is -2.14. The number of nitrogens with one attached hydrogen (secondary N) is 1. The van der Waals surface area contributed by atoms with Crippen LogP contribution in [0, 0.1) is 0 Å². The van der Waals surface area contributed by atoms with Crippen molar-refractivity contribution in [1.29, 1.82) is 0 Å². The van der Waals surface area contributed by atoms with E-state index in [1.54, 1.807) is 42.5 Å². The molecule has 8 heteroatoms. The Hall–Kier alpha value is -3.39. The quantitative estimate of drug-likeness (QED) is 0.503. The average Bonchev–Trinajstić information content (AvgIpc) is 3.48. The lowest BCUT2D eigenvalue weighted by Crippen LogP contribution is -2.31. The summed E-state index contributed by atoms with van der Waals surface area (Å²) in [6.45, 7) is 2.22. The molecular weight excluding hydrogens is 376 g/mol. The lowest BCUT2D eigenvalue weighted by molar-refractivity contribution is 0.0713. The van der Waals surface area contributed by atoms with Crippen LogP contribution in [0.2, 0.25) is 0 Å². The van der Waals surface area contributed by atoms with Crippen molar-refractivity contribution in [3.8, 4) is 17.3 Å². The molecule has 3 aromatic heterocycles. The van der Waals surface area contributed by atoms with E-state index in [2.05, 4.69) is 15.4 Å². The Morgan fingerprint density at radius 3 is 2.79 bits per heavy atom. The zero-order chi connectivity index (χ0) is 19.3. The molecule has 0 radical (unpaired) electrons. The van der Waals surface area contributed by atoms with E-state index in [-0.39, 0.29) is 5.91 Å². The molecule has 142 valence electrons. The SMILES string of the molecule is C[C@@H](Oc1ccccc1)C(=O)n1nc(-c2ccco2)nc1NCc1cccs1. The first-order chi connectivity index (χ1) is 13.7. The van der Waals surface area contributed by atoms with E-state index >= 15 is 0 Å². The van der Waals surface area contributed by atoms with Crippen molar-refractivity contribution in [3.05, 3.63) is 71.1 Å². The predicted octanol–water partition coefficient (Wildman–Crippen LogP) is 4.32. The highest BCUT2D eigenvalue weighted by Crippen LogP contribution is 2.20. The number of para-hydroxylation sites is 1. The standard InChI is InChI=1S/C20H18N4O3S/c1-14(27-15-7-3-2-4-8-15)19(25)24-20(21-13-16-9-6-12-28-16)22-18(23-24)17-10-5-11-26-17/h2-12,14H,13H2,1H3,(H,21,22,23)/t14-/m1/s1. The number of anilines is 1. The van der Waals surface area contributed by atoms with Gasteiger partial charge in [0.2, 0.25) is 11.8 Å². The summed E-state index contributed by atoms with van der Waals surface area (Å²) < 4.78 is 12.4. The van der Waals surface area contributed by atoms with Gasteiger partial charge in [0, 0.05) is 4.88 Å². The highest BCUT2D eigenvalue weighted by atomic mass is 32.1. The number of carbonyl (C=O) groups is 1. The Balaban J connectivity index is 1.58. The van der Waals surface area contributed by atoms with Crippen molar-refractivity contribution < 1.29 is 13.9 Å². The van der Waals surface area contributed by atoms with Gasteiger partial charge in [0.15, 0.2) is 11.9 Å². The summed E-state index contributed by atoms with van der Waals surface area (Å²) in [5.41, 5.74) is 0. The van der Waals surface area contributed by atoms with Gasteiger partial charge in [-0.05, 0) is 42.6 Å². The number of hydrogen-bond donors (Lipinski definition) is 1. The summed E-state index contributed by atoms with van der Waals surface area (Å²) in [7, 11) is 0. The molecule has 3 heterocycles. The van der Waals surface area contributed by atoms with Crippen molar-refractivity contribution >= 4 is 23.2 Å². The van der Waals surface area contributed by atoms with Crippen LogP contribution in [0.1, 0.15) is 16.6 Å². The first-order valence-corrected chi connectivity index (χ1v) is 9.62. The molecule has 7 nitrogen and oxygen atoms in total. The first-order valence-electron chi connectivity index (χ1n) is 8.74. The smallest absolute Gasteiger partial charge is 0.290 e. The van der Waals surface area contributed by atoms with Gasteiger partial charge in [-0.25, -0.2) is 0 Å². The monoisotopic (exact) mass is 394 g/mol. The van der Waals surface area contributed by atoms with Crippen LogP contribution in [0.4, 0.5) is 5.95 Å². The average molecular weight is 394 g/mol. The van der Waals surface area contributed by atoms with E-state index in [9.17, 15) is 4.79 Å². The van der Waals surface area contributed by atoms with Gasteiger partial charge in [0.25, 0.3) is 5.91 Å². The molecule has 1 N–H and O–H groups in total. The van der Waals surface area contributed by atoms with Gasteiger partial charge in [-0.1, -0.05) is 24.3 Å². The van der Waals surface area contributed by atoms with Crippen LogP contribution in [-0.2, 0) is 6.54 Å². The third-order valence-electron chi connectivity index (χ3n) is 3.96. The molecule has 0 fully saturated rings. The van der Waals surface area contributed by atoms with Gasteiger partial charge in [-0.3, -0.25) is 4.79 Å². The Kier molecular flexibility index (Phi) is 5.20. The Bertz CT molecular complexity index is 1030. The lowest BCUT2D eigenvalue weighted by atomic mass is 10.3. The molecule has 4 rings (SSSR count). The van der Waals surface area contributed by atoms with Crippen LogP contribution in [0.25, 0.3) is 11.6 Å². The molecule has 0 unspecified atom stereocenters. The summed E-state index contributed by atoms with van der Waals surface area (Å²) >= 11 is 1.62. The number of nitrogens with zero attached hydrogens (tertiary/aromatic N) is 3. The number of hydrogen-bond acceptors (Lipinski definition) is 7. The molecule has 0 spiro atoms. The maximum Gasteiger partial charge on any atom is 0.290 e. The summed E-state index contributed by atoms with van der Waals surface area (Å²) in [5.74, 6) is 1.44. The van der Waals surface area contributed by atoms with E-state index in [1.807, 2.05) is 35.7 Å². The number of aromatic nitrogens is 3. The molecule has 0 aliphatic rings. The molecule has 4 aromatic rings. The number of benzene rings is 1. The topological polar surface area (TPSA) is 82.2 Å². The minimum absolute atomic E-state index is 0.331. The van der Waals surface area contributed by atoms with E-state index in [0.29, 0.717) is 29.8 Å². The molecular formula is C20H18N4O3S. The predicted molar refractivity (Wildman–Crippen MR) is 107 cm³/mol. The fourth-order valence-electron chi connectivity index (χ4n) is 2.60. The van der Waals surface area contributed by atoms with E-state index in [4.69, 9.17) is 9.15 Å². The molecule has 0 saturated carbocycles. The minimum atomic E-state index is -0.740. The molecule has 0 bridgehead atoms. The van der Waals surface area contributed by atoms with Crippen LogP contribution in [0.5, 0.6) is 5.75 Å². The zero-order valence-electron chi connectivity index (χ0n) is 15.1. The van der Waals surface area contributed by atoms with Crippen molar-refractivity contribution in [2.75, 3.05) is 5.32 Å². The number of thiophene rings is 1. The highest BCUT2D eigenvalue weighted by Gasteiger charge is 2.24. The minimum Gasteiger partial charge on any atom is -0.481 e. The highest BCUT2D eigenvalue weighted by molar-refractivity contribution is 7.09. The fraction of sp³-hybridized carbons (Fsp3) is 0.150. The van der Waals surface area contributed by atoms with Gasteiger partial charge >= 0.3 is 0 Å². The molecule has 0 saturated heterocycles. The van der Waals surface area contributed by atoms with Gasteiger partial charge in [0.05, 0.1) is 12.8 Å². The van der Waals surface area contributed by atoms with E-state index < -0.39 is 6.10 Å². The Morgan fingerprint density at radius 2 is 2.07 bits per heavy atom. The third-order valence-corrected chi connectivity index (χ3v) is 4.84. The maximum atomic E-state index is 13.0. The summed E-state index contributed by atoms with van der Waals surface area (Å²) in [5, 5.41) is 9.51. The van der Waals surface area contributed by atoms with Gasteiger partial charge in [-0.15, -0.1) is 16.4 Å². The number of rotatable bonds is 7. The number of furan rings is 1. The second kappa shape index (κ2) is 8.10. The van der Waals surface area contributed by atoms with E-state index in [0.717, 1.165) is 4.88 Å². The normalized spacial score (nSPS) is 11.9. The van der Waals surface area contributed by atoms with Gasteiger partial charge in [-0.2, -0.15) is 9.67 Å². The second-order valence-corrected chi connectivity index (χ2v) is 7.02. The van der Waals surface area contributed by atoms with Crippen molar-refractivity contribution in [2.45, 2.75) is 19.6 Å². The summed E-state index contributed by atoms with van der Waals surface area (Å²) in [6.07, 6.45) is 0.799. The Labute approximate surface area is 165 Å². The number of ether oxygens (including phenoxy) is 1. The van der Waals surface area contributed by atoms with Crippen LogP contribution in [0.3, 0.4) is 0 Å². The van der Waals surface area contributed by atoms with Crippen molar-refractivity contribution in [1.82, 2.24) is 14.8 Å². The Morgan fingerprint density at radius 1 is 1.21 bits per heavy atom. The molecule has 0 aliphatic carbocycles.